The Bertz CT molecular complexity index is 911. The van der Waals surface area contributed by atoms with E-state index in [1.165, 1.54) is 12.1 Å². The summed E-state index contributed by atoms with van der Waals surface area (Å²) in [6.07, 6.45) is -3.35. The average Bonchev–Trinajstić information content (AvgIpc) is 2.89. The molecule has 1 aliphatic rings. The molecule has 0 bridgehead atoms. The monoisotopic (exact) mass is 390 g/mol. The van der Waals surface area contributed by atoms with E-state index in [4.69, 9.17) is 0 Å². The molecular weight excluding hydrogens is 369 g/mol. The Hall–Kier alpha value is -1.89. The van der Waals surface area contributed by atoms with Gasteiger partial charge in [-0.25, -0.2) is 0 Å². The first-order chi connectivity index (χ1) is 13.0. The normalized spacial score (nSPS) is 17.7. The number of nitrogens with zero attached hydrogens (tertiary/aromatic N) is 1. The van der Waals surface area contributed by atoms with Gasteiger partial charge < -0.3 is 5.32 Å². The van der Waals surface area contributed by atoms with Crippen molar-refractivity contribution in [3.8, 4) is 0 Å². The van der Waals surface area contributed by atoms with Crippen LogP contribution in [0.15, 0.2) is 53.9 Å². The summed E-state index contributed by atoms with van der Waals surface area (Å²) in [6.45, 7) is 3.46. The van der Waals surface area contributed by atoms with Crippen molar-refractivity contribution in [2.75, 3.05) is 26.2 Å². The molecule has 1 aromatic heterocycles. The van der Waals surface area contributed by atoms with Gasteiger partial charge in [0.15, 0.2) is 0 Å². The molecule has 2 heterocycles. The van der Waals surface area contributed by atoms with Crippen LogP contribution < -0.4 is 5.32 Å². The Morgan fingerprint density at radius 1 is 1.00 bits per heavy atom. The van der Waals surface area contributed by atoms with Crippen molar-refractivity contribution in [3.63, 3.8) is 0 Å². The van der Waals surface area contributed by atoms with E-state index in [1.54, 1.807) is 11.3 Å². The standard InChI is InChI=1S/C21H21F3N2S/c22-21(23,24)16-6-3-5-15(13-16)20(26-11-4-9-25-10-12-26)18-14-27-19-8-2-1-7-17(18)19/h1-3,5-8,13-14,20,25H,4,9-12H2. The van der Waals surface area contributed by atoms with Gasteiger partial charge in [0.2, 0.25) is 0 Å². The van der Waals surface area contributed by atoms with Gasteiger partial charge in [0.1, 0.15) is 0 Å². The summed E-state index contributed by atoms with van der Waals surface area (Å²) in [6, 6.07) is 13.8. The molecule has 1 saturated heterocycles. The number of benzene rings is 2. The van der Waals surface area contributed by atoms with Gasteiger partial charge in [-0.1, -0.05) is 30.3 Å². The number of alkyl halides is 3. The summed E-state index contributed by atoms with van der Waals surface area (Å²) >= 11 is 1.65. The number of fused-ring (bicyclic) bond motifs is 1. The molecule has 0 radical (unpaired) electrons. The highest BCUT2D eigenvalue weighted by Gasteiger charge is 2.32. The van der Waals surface area contributed by atoms with Gasteiger partial charge in [0.05, 0.1) is 11.6 Å². The topological polar surface area (TPSA) is 15.3 Å². The molecule has 2 nitrogen and oxygen atoms in total. The third kappa shape index (κ3) is 3.88. The lowest BCUT2D eigenvalue weighted by molar-refractivity contribution is -0.137. The predicted octanol–water partition coefficient (Wildman–Crippen LogP) is 5.30. The first-order valence-corrected chi connectivity index (χ1v) is 10.00. The van der Waals surface area contributed by atoms with Crippen molar-refractivity contribution < 1.29 is 13.2 Å². The van der Waals surface area contributed by atoms with Crippen LogP contribution in [0, 0.1) is 0 Å². The van der Waals surface area contributed by atoms with Crippen LogP contribution in [0.4, 0.5) is 13.2 Å². The van der Waals surface area contributed by atoms with Crippen LogP contribution in [0.1, 0.15) is 29.2 Å². The van der Waals surface area contributed by atoms with Crippen molar-refractivity contribution in [3.05, 3.63) is 70.6 Å². The molecule has 3 aromatic rings. The molecule has 142 valence electrons. The molecule has 4 rings (SSSR count). The van der Waals surface area contributed by atoms with Crippen LogP contribution in [-0.4, -0.2) is 31.1 Å². The molecule has 1 aliphatic heterocycles. The number of nitrogens with one attached hydrogen (secondary N) is 1. The van der Waals surface area contributed by atoms with Crippen molar-refractivity contribution in [2.45, 2.75) is 18.6 Å². The number of thiophene rings is 1. The smallest absolute Gasteiger partial charge is 0.315 e. The molecule has 1 N–H and O–H groups in total. The van der Waals surface area contributed by atoms with Gasteiger partial charge in [-0.15, -0.1) is 11.3 Å². The summed E-state index contributed by atoms with van der Waals surface area (Å²) in [4.78, 5) is 2.31. The van der Waals surface area contributed by atoms with Crippen LogP contribution in [-0.2, 0) is 6.18 Å². The first-order valence-electron chi connectivity index (χ1n) is 9.12. The Balaban J connectivity index is 1.83. The van der Waals surface area contributed by atoms with E-state index < -0.39 is 11.7 Å². The zero-order valence-corrected chi connectivity index (χ0v) is 15.6. The van der Waals surface area contributed by atoms with Crippen molar-refractivity contribution in [1.29, 1.82) is 0 Å². The van der Waals surface area contributed by atoms with Crippen LogP contribution >= 0.6 is 11.3 Å². The molecule has 1 fully saturated rings. The second-order valence-electron chi connectivity index (χ2n) is 6.85. The number of hydrogen-bond donors (Lipinski definition) is 1. The van der Waals surface area contributed by atoms with Gasteiger partial charge in [-0.2, -0.15) is 13.2 Å². The van der Waals surface area contributed by atoms with E-state index in [0.717, 1.165) is 54.3 Å². The lowest BCUT2D eigenvalue weighted by Gasteiger charge is -2.31. The minimum atomic E-state index is -4.34. The summed E-state index contributed by atoms with van der Waals surface area (Å²) in [5.74, 6) is 0. The Morgan fingerprint density at radius 3 is 2.70 bits per heavy atom. The third-order valence-corrected chi connectivity index (χ3v) is 6.06. The lowest BCUT2D eigenvalue weighted by atomic mass is 9.94. The van der Waals surface area contributed by atoms with Crippen LogP contribution in [0.3, 0.4) is 0 Å². The van der Waals surface area contributed by atoms with Crippen LogP contribution in [0.2, 0.25) is 0 Å². The summed E-state index contributed by atoms with van der Waals surface area (Å²) in [7, 11) is 0. The van der Waals surface area contributed by atoms with Crippen LogP contribution in [0.25, 0.3) is 10.1 Å². The second kappa shape index (κ2) is 7.62. The van der Waals surface area contributed by atoms with Crippen molar-refractivity contribution in [2.24, 2.45) is 0 Å². The van der Waals surface area contributed by atoms with E-state index >= 15 is 0 Å². The minimum Gasteiger partial charge on any atom is -0.315 e. The largest absolute Gasteiger partial charge is 0.416 e. The maximum absolute atomic E-state index is 13.3. The number of rotatable bonds is 3. The zero-order valence-electron chi connectivity index (χ0n) is 14.8. The summed E-state index contributed by atoms with van der Waals surface area (Å²) in [5.41, 5.74) is 1.21. The van der Waals surface area contributed by atoms with Crippen molar-refractivity contribution >= 4 is 21.4 Å². The lowest BCUT2D eigenvalue weighted by Crippen LogP contribution is -2.33. The SMILES string of the molecule is FC(F)(F)c1cccc(C(c2csc3ccccc23)N2CCCNCC2)c1. The van der Waals surface area contributed by atoms with E-state index in [9.17, 15) is 13.2 Å². The Labute approximate surface area is 160 Å². The van der Waals surface area contributed by atoms with E-state index in [2.05, 4.69) is 27.7 Å². The first kappa shape index (κ1) is 18.5. The van der Waals surface area contributed by atoms with E-state index in [0.29, 0.717) is 5.56 Å². The molecule has 1 unspecified atom stereocenters. The molecule has 27 heavy (non-hydrogen) atoms. The summed E-state index contributed by atoms with van der Waals surface area (Å²) in [5, 5.41) is 6.61. The quantitative estimate of drug-likeness (QED) is 0.652. The fraction of sp³-hybridized carbons (Fsp3) is 0.333. The van der Waals surface area contributed by atoms with Gasteiger partial charge >= 0.3 is 6.18 Å². The molecular formula is C21H21F3N2S. The fourth-order valence-electron chi connectivity index (χ4n) is 3.81. The molecule has 0 amide bonds. The highest BCUT2D eigenvalue weighted by molar-refractivity contribution is 7.17. The third-order valence-electron chi connectivity index (χ3n) is 5.08. The molecule has 0 spiro atoms. The highest BCUT2D eigenvalue weighted by atomic mass is 32.1. The minimum absolute atomic E-state index is 0.177. The molecule has 0 aliphatic carbocycles. The molecule has 2 aromatic carbocycles. The number of halogens is 3. The van der Waals surface area contributed by atoms with Crippen LogP contribution in [0.5, 0.6) is 0 Å². The predicted molar refractivity (Wildman–Crippen MR) is 104 cm³/mol. The van der Waals surface area contributed by atoms with Crippen molar-refractivity contribution in [1.82, 2.24) is 10.2 Å². The summed E-state index contributed by atoms with van der Waals surface area (Å²) < 4.78 is 41.1. The Kier molecular flexibility index (Phi) is 5.21. The van der Waals surface area contributed by atoms with Gasteiger partial charge in [-0.3, -0.25) is 4.90 Å². The Morgan fingerprint density at radius 2 is 1.85 bits per heavy atom. The zero-order chi connectivity index (χ0) is 18.9. The fourth-order valence-corrected chi connectivity index (χ4v) is 4.79. The maximum atomic E-state index is 13.3. The second-order valence-corrected chi connectivity index (χ2v) is 7.76. The highest BCUT2D eigenvalue weighted by Crippen LogP contribution is 2.39. The van der Waals surface area contributed by atoms with E-state index in [-0.39, 0.29) is 6.04 Å². The molecule has 1 atom stereocenters. The average molecular weight is 390 g/mol. The van der Waals surface area contributed by atoms with Gasteiger partial charge in [-0.05, 0) is 53.1 Å². The van der Waals surface area contributed by atoms with Gasteiger partial charge in [0, 0.05) is 24.3 Å². The molecule has 6 heteroatoms. The van der Waals surface area contributed by atoms with E-state index in [1.807, 2.05) is 18.2 Å². The maximum Gasteiger partial charge on any atom is 0.416 e. The number of hydrogen-bond acceptors (Lipinski definition) is 3. The van der Waals surface area contributed by atoms with Gasteiger partial charge in [0.25, 0.3) is 0 Å². The molecule has 0 saturated carbocycles.